The van der Waals surface area contributed by atoms with Crippen molar-refractivity contribution in [2.24, 2.45) is 23.0 Å². The topological polar surface area (TPSA) is 114 Å². The zero-order valence-corrected chi connectivity index (χ0v) is 22.8. The molecule has 1 aromatic carbocycles. The van der Waals surface area contributed by atoms with E-state index >= 15 is 0 Å². The summed E-state index contributed by atoms with van der Waals surface area (Å²) in [4.78, 5) is 25.2. The smallest absolute Gasteiger partial charge is 0.271 e. The molecule has 1 rings (SSSR count). The number of carbonyl (C=O) groups excluding carboxylic acids is 2. The number of ether oxygens (including phenoxy) is 2. The lowest BCUT2D eigenvalue weighted by Crippen LogP contribution is -2.47. The Hall–Kier alpha value is -1.87. The van der Waals surface area contributed by atoms with E-state index in [1.165, 1.54) is 0 Å². The highest BCUT2D eigenvalue weighted by Crippen LogP contribution is 2.25. The predicted molar refractivity (Wildman–Crippen MR) is 139 cm³/mol. The fraction of sp³-hybridized carbons (Fsp3) is 0.692. The number of halogens is 1. The summed E-state index contributed by atoms with van der Waals surface area (Å²) in [5, 5.41) is 13.2. The normalized spacial score (nSPS) is 14.3. The van der Waals surface area contributed by atoms with Gasteiger partial charge in [-0.2, -0.15) is 0 Å². The number of aliphatic hydroxyl groups is 1. The van der Waals surface area contributed by atoms with Gasteiger partial charge in [-0.25, -0.2) is 0 Å². The van der Waals surface area contributed by atoms with E-state index in [-0.39, 0.29) is 36.7 Å². The van der Waals surface area contributed by atoms with Crippen molar-refractivity contribution in [3.8, 4) is 5.75 Å². The molecule has 0 fully saturated rings. The predicted octanol–water partition coefficient (Wildman–Crippen LogP) is 3.60. The number of aliphatic hydroxyl groups excluding tert-OH is 1. The third kappa shape index (κ3) is 11.2. The highest BCUT2D eigenvalue weighted by Gasteiger charge is 2.28. The Morgan fingerprint density at radius 3 is 2.40 bits per heavy atom. The number of amides is 2. The van der Waals surface area contributed by atoms with Crippen molar-refractivity contribution < 1.29 is 24.2 Å². The molecule has 0 saturated carbocycles. The van der Waals surface area contributed by atoms with Crippen LogP contribution in [0.5, 0.6) is 5.75 Å². The van der Waals surface area contributed by atoms with Crippen LogP contribution in [0.4, 0.5) is 0 Å². The summed E-state index contributed by atoms with van der Waals surface area (Å²) in [6, 6.07) is 6.46. The van der Waals surface area contributed by atoms with Crippen molar-refractivity contribution >= 4 is 23.6 Å². The number of hydrogen-bond acceptors (Lipinski definition) is 6. The molecular weight excluding hydrogens is 470 g/mol. The van der Waals surface area contributed by atoms with Gasteiger partial charge in [0.15, 0.2) is 0 Å². The second-order valence-electron chi connectivity index (χ2n) is 10.3. The van der Waals surface area contributed by atoms with Gasteiger partial charge >= 0.3 is 0 Å². The van der Waals surface area contributed by atoms with E-state index in [9.17, 15) is 14.7 Å². The van der Waals surface area contributed by atoms with Crippen molar-refractivity contribution in [1.29, 1.82) is 0 Å². The second kappa shape index (κ2) is 15.3. The molecule has 0 saturated heterocycles. The van der Waals surface area contributed by atoms with E-state index < -0.39 is 17.6 Å². The first kappa shape index (κ1) is 31.2. The van der Waals surface area contributed by atoms with Crippen LogP contribution in [0.25, 0.3) is 0 Å². The quantitative estimate of drug-likeness (QED) is 0.244. The lowest BCUT2D eigenvalue weighted by atomic mass is 9.87. The zero-order valence-electron chi connectivity index (χ0n) is 22.1. The van der Waals surface area contributed by atoms with E-state index in [1.807, 2.05) is 19.9 Å². The van der Waals surface area contributed by atoms with Gasteiger partial charge in [0.25, 0.3) is 5.91 Å². The highest BCUT2D eigenvalue weighted by molar-refractivity contribution is 6.24. The number of unbranched alkanes of at least 4 members (excludes halogenated alkanes) is 1. The minimum Gasteiger partial charge on any atom is -0.493 e. The van der Waals surface area contributed by atoms with Crippen LogP contribution in [0.15, 0.2) is 24.3 Å². The van der Waals surface area contributed by atoms with Crippen LogP contribution in [0.2, 0.25) is 0 Å². The van der Waals surface area contributed by atoms with E-state index in [4.69, 9.17) is 27.0 Å². The Labute approximate surface area is 215 Å². The third-order valence-electron chi connectivity index (χ3n) is 5.90. The average Bonchev–Trinajstić information content (AvgIpc) is 2.80. The van der Waals surface area contributed by atoms with Crippen LogP contribution in [0, 0.1) is 17.3 Å². The van der Waals surface area contributed by atoms with Crippen molar-refractivity contribution in [3.05, 3.63) is 29.8 Å². The molecule has 0 radical (unpaired) electrons. The number of para-hydroxylation sites is 1. The van der Waals surface area contributed by atoms with Gasteiger partial charge in [-0.3, -0.25) is 14.0 Å². The lowest BCUT2D eigenvalue weighted by molar-refractivity contribution is -0.129. The number of nitrogens with zero attached hydrogens (tertiary/aromatic N) is 1. The molecule has 8 nitrogen and oxygen atoms in total. The maximum atomic E-state index is 13.1. The molecule has 0 heterocycles. The Bertz CT molecular complexity index is 784. The fourth-order valence-electron chi connectivity index (χ4n) is 3.40. The fourth-order valence-corrected chi connectivity index (χ4v) is 3.67. The van der Waals surface area contributed by atoms with Crippen LogP contribution in [-0.2, 0) is 9.53 Å². The summed E-state index contributed by atoms with van der Waals surface area (Å²) < 4.78 is 12.0. The monoisotopic (exact) mass is 513 g/mol. The van der Waals surface area contributed by atoms with Crippen LogP contribution in [-0.4, -0.2) is 66.9 Å². The van der Waals surface area contributed by atoms with Crippen molar-refractivity contribution in [2.75, 3.05) is 33.4 Å². The molecule has 0 aromatic heterocycles. The van der Waals surface area contributed by atoms with E-state index in [0.717, 1.165) is 17.3 Å². The number of rotatable bonds is 15. The molecule has 3 atom stereocenters. The third-order valence-corrected chi connectivity index (χ3v) is 6.19. The minimum atomic E-state index is -0.908. The first-order valence-electron chi connectivity index (χ1n) is 12.3. The first-order valence-corrected chi connectivity index (χ1v) is 12.6. The van der Waals surface area contributed by atoms with E-state index in [1.54, 1.807) is 46.1 Å². The Morgan fingerprint density at radius 2 is 1.80 bits per heavy atom. The Morgan fingerprint density at radius 1 is 1.17 bits per heavy atom. The van der Waals surface area contributed by atoms with Crippen molar-refractivity contribution in [1.82, 2.24) is 9.74 Å². The molecule has 0 bridgehead atoms. The van der Waals surface area contributed by atoms with Crippen LogP contribution < -0.4 is 15.8 Å². The molecule has 35 heavy (non-hydrogen) atoms. The van der Waals surface area contributed by atoms with Gasteiger partial charge in [0, 0.05) is 50.0 Å². The van der Waals surface area contributed by atoms with Crippen molar-refractivity contribution in [3.63, 3.8) is 0 Å². The van der Waals surface area contributed by atoms with Gasteiger partial charge < -0.3 is 25.6 Å². The number of methoxy groups -OCH3 is 1. The maximum Gasteiger partial charge on any atom is 0.271 e. The first-order chi connectivity index (χ1) is 16.4. The van der Waals surface area contributed by atoms with Gasteiger partial charge in [0.1, 0.15) is 5.75 Å². The van der Waals surface area contributed by atoms with E-state index in [0.29, 0.717) is 30.9 Å². The molecule has 200 valence electrons. The number of carbonyl (C=O) groups is 2. The molecule has 0 aliphatic heterocycles. The summed E-state index contributed by atoms with van der Waals surface area (Å²) in [5.74, 6) is 0.0984. The summed E-state index contributed by atoms with van der Waals surface area (Å²) >= 11 is 6.45. The molecule has 0 spiro atoms. The minimum absolute atomic E-state index is 0.0541. The van der Waals surface area contributed by atoms with Crippen LogP contribution in [0.1, 0.15) is 64.2 Å². The molecular formula is C26H44ClN3O5. The summed E-state index contributed by atoms with van der Waals surface area (Å²) in [7, 11) is 1.66. The van der Waals surface area contributed by atoms with Gasteiger partial charge in [-0.15, -0.1) is 0 Å². The lowest BCUT2D eigenvalue weighted by Gasteiger charge is -2.30. The molecule has 4 N–H and O–H groups in total. The maximum absolute atomic E-state index is 13.1. The zero-order chi connectivity index (χ0) is 26.6. The molecule has 1 aromatic rings. The molecule has 9 heteroatoms. The summed E-state index contributed by atoms with van der Waals surface area (Å²) in [6.07, 6.45) is 1.22. The number of benzene rings is 1. The van der Waals surface area contributed by atoms with Gasteiger partial charge in [-0.1, -0.05) is 46.8 Å². The molecule has 2 amide bonds. The van der Waals surface area contributed by atoms with Crippen molar-refractivity contribution in [2.45, 2.75) is 66.0 Å². The number of hydrogen-bond donors (Lipinski definition) is 3. The summed E-state index contributed by atoms with van der Waals surface area (Å²) in [5.41, 5.74) is 6.10. The standard InChI is InChI=1S/C26H44ClN3O5/c1-18(2)19(15-21(28)22(31)16-29-25(33)26(3,4)5)17-30(27)24(32)20-11-7-8-12-23(20)35-14-10-9-13-34-6/h7-8,11-12,18-19,21-22,31H,9-10,13-17,28H2,1-6H3,(H,29,33)/t19-,21+,22+/m1/s1. The Kier molecular flexibility index (Phi) is 13.6. The largest absolute Gasteiger partial charge is 0.493 e. The van der Waals surface area contributed by atoms with Gasteiger partial charge in [0.2, 0.25) is 5.91 Å². The number of nitrogens with two attached hydrogens (primary N) is 1. The molecule has 0 unspecified atom stereocenters. The summed E-state index contributed by atoms with van der Waals surface area (Å²) in [6.45, 7) is 10.9. The van der Waals surface area contributed by atoms with Crippen LogP contribution in [0.3, 0.4) is 0 Å². The number of nitrogens with one attached hydrogen (secondary N) is 1. The Balaban J connectivity index is 2.73. The van der Waals surface area contributed by atoms with Gasteiger partial charge in [0.05, 0.1) is 18.3 Å². The van der Waals surface area contributed by atoms with Gasteiger partial charge in [-0.05, 0) is 43.2 Å². The molecule has 0 aliphatic rings. The molecule has 0 aliphatic carbocycles. The highest BCUT2D eigenvalue weighted by atomic mass is 35.5. The van der Waals surface area contributed by atoms with E-state index in [2.05, 4.69) is 5.32 Å². The van der Waals surface area contributed by atoms with Crippen LogP contribution >= 0.6 is 11.8 Å². The average molecular weight is 514 g/mol. The SMILES string of the molecule is COCCCCOc1ccccc1C(=O)N(Cl)C[C@@H](C[C@H](N)[C@@H](O)CNC(=O)C(C)(C)C)C(C)C. The second-order valence-corrected chi connectivity index (χ2v) is 10.7.